The summed E-state index contributed by atoms with van der Waals surface area (Å²) in [7, 11) is 3.24. The minimum Gasteiger partial charge on any atom is -0.508 e. The van der Waals surface area contributed by atoms with Crippen LogP contribution < -0.4 is 9.47 Å². The van der Waals surface area contributed by atoms with E-state index in [-0.39, 0.29) is 11.5 Å². The predicted octanol–water partition coefficient (Wildman–Crippen LogP) is 4.65. The number of rotatable bonds is 7. The zero-order valence-corrected chi connectivity index (χ0v) is 18.6. The molecule has 0 radical (unpaired) electrons. The number of piperidine rings is 1. The molecule has 2 fully saturated rings. The molecular formula is C27H29NO4. The van der Waals surface area contributed by atoms with Crippen LogP contribution in [0.4, 0.5) is 0 Å². The molecule has 5 nitrogen and oxygen atoms in total. The minimum atomic E-state index is 0.0538. The SMILES string of the molecule is C=CCc1cc(/C=C2\CN(C3CC3)C/C(=C\c3ccc(OC)cc3OC)C2=O)ccc1O. The standard InChI is InChI=1S/C27H29NO4/c1-4-5-19-12-18(6-11-25(19)29)13-21-16-28(23-8-9-23)17-22(27(21)30)14-20-7-10-24(31-2)15-26(20)32-3/h4,6-7,10-15,23,29H,1,5,8-9,16-17H2,2-3H3/b21-13+,22-14+. The fourth-order valence-corrected chi connectivity index (χ4v) is 4.10. The number of phenols is 1. The summed E-state index contributed by atoms with van der Waals surface area (Å²) in [5.74, 6) is 1.68. The highest BCUT2D eigenvalue weighted by molar-refractivity contribution is 6.14. The maximum Gasteiger partial charge on any atom is 0.187 e. The summed E-state index contributed by atoms with van der Waals surface area (Å²) in [5, 5.41) is 10.1. The number of benzene rings is 2. The Kier molecular flexibility index (Phi) is 6.47. The van der Waals surface area contributed by atoms with Gasteiger partial charge in [-0.3, -0.25) is 9.69 Å². The van der Waals surface area contributed by atoms with Gasteiger partial charge in [-0.05, 0) is 66.8 Å². The van der Waals surface area contributed by atoms with Gasteiger partial charge in [0.15, 0.2) is 5.78 Å². The summed E-state index contributed by atoms with van der Waals surface area (Å²) in [6.07, 6.45) is 8.56. The number of phenolic OH excluding ortho intramolecular Hbond substituents is 1. The van der Waals surface area contributed by atoms with Gasteiger partial charge in [0.2, 0.25) is 0 Å². The highest BCUT2D eigenvalue weighted by Gasteiger charge is 2.35. The van der Waals surface area contributed by atoms with E-state index in [9.17, 15) is 9.90 Å². The van der Waals surface area contributed by atoms with E-state index in [1.807, 2.05) is 42.5 Å². The lowest BCUT2D eigenvalue weighted by Crippen LogP contribution is -2.39. The normalized spacial score (nSPS) is 19.4. The van der Waals surface area contributed by atoms with Gasteiger partial charge in [-0.15, -0.1) is 6.58 Å². The average Bonchev–Trinajstić information content (AvgIpc) is 3.64. The number of ketones is 1. The Morgan fingerprint density at radius 3 is 2.47 bits per heavy atom. The summed E-state index contributed by atoms with van der Waals surface area (Å²) >= 11 is 0. The van der Waals surface area contributed by atoms with Crippen LogP contribution in [0.1, 0.15) is 29.5 Å². The van der Waals surface area contributed by atoms with Crippen LogP contribution in [-0.2, 0) is 11.2 Å². The topological polar surface area (TPSA) is 59.0 Å². The molecule has 1 N–H and O–H groups in total. The smallest absolute Gasteiger partial charge is 0.187 e. The molecule has 2 aliphatic rings. The van der Waals surface area contributed by atoms with Crippen molar-refractivity contribution in [3.05, 3.63) is 76.9 Å². The van der Waals surface area contributed by atoms with Crippen LogP contribution in [0.15, 0.2) is 60.2 Å². The van der Waals surface area contributed by atoms with Gasteiger partial charge in [0.1, 0.15) is 17.2 Å². The van der Waals surface area contributed by atoms with Crippen molar-refractivity contribution in [2.75, 3.05) is 27.3 Å². The van der Waals surface area contributed by atoms with Crippen molar-refractivity contribution in [3.63, 3.8) is 0 Å². The Morgan fingerprint density at radius 2 is 1.81 bits per heavy atom. The predicted molar refractivity (Wildman–Crippen MR) is 127 cm³/mol. The number of allylic oxidation sites excluding steroid dienone is 1. The number of carbonyl (C=O) groups is 1. The second-order valence-corrected chi connectivity index (χ2v) is 8.29. The van der Waals surface area contributed by atoms with E-state index in [4.69, 9.17) is 9.47 Å². The molecule has 2 aromatic rings. The summed E-state index contributed by atoms with van der Waals surface area (Å²) in [4.78, 5) is 15.8. The molecular weight excluding hydrogens is 402 g/mol. The summed E-state index contributed by atoms with van der Waals surface area (Å²) in [6, 6.07) is 11.6. The zero-order valence-electron chi connectivity index (χ0n) is 18.6. The molecule has 32 heavy (non-hydrogen) atoms. The van der Waals surface area contributed by atoms with Crippen LogP contribution in [0.5, 0.6) is 17.2 Å². The third kappa shape index (κ3) is 4.78. The number of nitrogens with zero attached hydrogens (tertiary/aromatic N) is 1. The Labute approximate surface area is 189 Å². The number of carbonyl (C=O) groups excluding carboxylic acids is 1. The molecule has 1 saturated heterocycles. The van der Waals surface area contributed by atoms with Gasteiger partial charge in [0.05, 0.1) is 14.2 Å². The Bertz CT molecular complexity index is 1090. The van der Waals surface area contributed by atoms with Gasteiger partial charge in [-0.1, -0.05) is 12.1 Å². The fourth-order valence-electron chi connectivity index (χ4n) is 4.10. The molecule has 1 heterocycles. The van der Waals surface area contributed by atoms with Crippen molar-refractivity contribution in [3.8, 4) is 17.2 Å². The molecule has 4 rings (SSSR count). The van der Waals surface area contributed by atoms with Crippen LogP contribution in [-0.4, -0.2) is 49.1 Å². The molecule has 1 saturated carbocycles. The monoisotopic (exact) mass is 431 g/mol. The van der Waals surface area contributed by atoms with E-state index in [1.54, 1.807) is 26.4 Å². The molecule has 0 amide bonds. The third-order valence-corrected chi connectivity index (χ3v) is 5.97. The lowest BCUT2D eigenvalue weighted by Gasteiger charge is -2.30. The maximum absolute atomic E-state index is 13.4. The van der Waals surface area contributed by atoms with Gasteiger partial charge in [0.25, 0.3) is 0 Å². The Morgan fingerprint density at radius 1 is 1.06 bits per heavy atom. The van der Waals surface area contributed by atoms with Crippen molar-refractivity contribution in [1.82, 2.24) is 4.90 Å². The molecule has 1 aliphatic carbocycles. The highest BCUT2D eigenvalue weighted by atomic mass is 16.5. The first kappa shape index (κ1) is 21.9. The van der Waals surface area contributed by atoms with Crippen molar-refractivity contribution < 1.29 is 19.4 Å². The maximum atomic E-state index is 13.4. The molecule has 0 atom stereocenters. The first-order chi connectivity index (χ1) is 15.5. The second-order valence-electron chi connectivity index (χ2n) is 8.29. The molecule has 0 unspecified atom stereocenters. The third-order valence-electron chi connectivity index (χ3n) is 5.97. The Balaban J connectivity index is 1.70. The van der Waals surface area contributed by atoms with Crippen molar-refractivity contribution >= 4 is 17.9 Å². The quantitative estimate of drug-likeness (QED) is 0.511. The summed E-state index contributed by atoms with van der Waals surface area (Å²) in [5.41, 5.74) is 4.07. The van der Waals surface area contributed by atoms with E-state index in [1.165, 1.54) is 12.8 Å². The first-order valence-electron chi connectivity index (χ1n) is 10.9. The van der Waals surface area contributed by atoms with Crippen molar-refractivity contribution in [2.45, 2.75) is 25.3 Å². The molecule has 0 spiro atoms. The fraction of sp³-hybridized carbons (Fsp3) is 0.296. The number of methoxy groups -OCH3 is 2. The van der Waals surface area contributed by atoms with Crippen molar-refractivity contribution in [1.29, 1.82) is 0 Å². The van der Waals surface area contributed by atoms with Crippen LogP contribution in [0, 0.1) is 0 Å². The van der Waals surface area contributed by atoms with E-state index in [0.717, 1.165) is 27.8 Å². The molecule has 0 bridgehead atoms. The summed E-state index contributed by atoms with van der Waals surface area (Å²) in [6.45, 7) is 5.02. The Hall–Kier alpha value is -3.31. The number of hydrogen-bond donors (Lipinski definition) is 1. The van der Waals surface area contributed by atoms with Crippen LogP contribution >= 0.6 is 0 Å². The zero-order chi connectivity index (χ0) is 22.7. The largest absolute Gasteiger partial charge is 0.508 e. The minimum absolute atomic E-state index is 0.0538. The van der Waals surface area contributed by atoms with E-state index >= 15 is 0 Å². The number of likely N-dealkylation sites (tertiary alicyclic amines) is 1. The van der Waals surface area contributed by atoms with Gasteiger partial charge in [0, 0.05) is 41.9 Å². The molecule has 5 heteroatoms. The number of hydrogen-bond acceptors (Lipinski definition) is 5. The molecule has 0 aromatic heterocycles. The molecule has 1 aliphatic heterocycles. The first-order valence-corrected chi connectivity index (χ1v) is 10.9. The second kappa shape index (κ2) is 9.45. The van der Waals surface area contributed by atoms with Gasteiger partial charge in [-0.25, -0.2) is 0 Å². The lowest BCUT2D eigenvalue weighted by atomic mass is 9.93. The van der Waals surface area contributed by atoms with E-state index < -0.39 is 0 Å². The van der Waals surface area contributed by atoms with Crippen LogP contribution in [0.25, 0.3) is 12.2 Å². The van der Waals surface area contributed by atoms with Gasteiger partial charge in [-0.2, -0.15) is 0 Å². The average molecular weight is 432 g/mol. The van der Waals surface area contributed by atoms with E-state index in [2.05, 4.69) is 11.5 Å². The van der Waals surface area contributed by atoms with Gasteiger partial charge < -0.3 is 14.6 Å². The number of aromatic hydroxyl groups is 1. The van der Waals surface area contributed by atoms with Crippen LogP contribution in [0.2, 0.25) is 0 Å². The summed E-state index contributed by atoms with van der Waals surface area (Å²) < 4.78 is 10.8. The molecule has 2 aromatic carbocycles. The lowest BCUT2D eigenvalue weighted by molar-refractivity contribution is -0.113. The van der Waals surface area contributed by atoms with Crippen LogP contribution in [0.3, 0.4) is 0 Å². The van der Waals surface area contributed by atoms with E-state index in [0.29, 0.717) is 37.1 Å². The number of Topliss-reactive ketones (excluding diaryl/α,β-unsaturated/α-hetero) is 1. The highest BCUT2D eigenvalue weighted by Crippen LogP contribution is 2.34. The number of ether oxygens (including phenoxy) is 2. The van der Waals surface area contributed by atoms with Crippen molar-refractivity contribution in [2.24, 2.45) is 0 Å². The van der Waals surface area contributed by atoms with Gasteiger partial charge >= 0.3 is 0 Å². The molecule has 166 valence electrons.